The van der Waals surface area contributed by atoms with Gasteiger partial charge < -0.3 is 14.2 Å². The number of methoxy groups -OCH3 is 1. The Balaban J connectivity index is 2.74. The second kappa shape index (κ2) is 9.16. The SMILES string of the molecule is COC(=O)[C@@H](CC(=O)OC(C)(C)C)Cc1csc(NC(=O)OC(C)(C)C)n1. The highest BCUT2D eigenvalue weighted by molar-refractivity contribution is 7.13. The summed E-state index contributed by atoms with van der Waals surface area (Å²) in [4.78, 5) is 40.1. The van der Waals surface area contributed by atoms with Gasteiger partial charge in [-0.1, -0.05) is 0 Å². The van der Waals surface area contributed by atoms with Gasteiger partial charge in [-0.15, -0.1) is 11.3 Å². The summed E-state index contributed by atoms with van der Waals surface area (Å²) in [5.74, 6) is -1.72. The molecule has 1 aromatic rings. The first-order chi connectivity index (χ1) is 12.3. The minimum atomic E-state index is -0.721. The van der Waals surface area contributed by atoms with Crippen LogP contribution >= 0.6 is 11.3 Å². The first kappa shape index (κ1) is 22.9. The van der Waals surface area contributed by atoms with Crippen LogP contribution < -0.4 is 5.32 Å². The van der Waals surface area contributed by atoms with Crippen LogP contribution in [0.4, 0.5) is 9.93 Å². The van der Waals surface area contributed by atoms with Gasteiger partial charge in [-0.25, -0.2) is 9.78 Å². The molecule has 0 unspecified atom stereocenters. The van der Waals surface area contributed by atoms with E-state index in [0.29, 0.717) is 10.8 Å². The summed E-state index contributed by atoms with van der Waals surface area (Å²) in [5.41, 5.74) is -0.693. The maximum absolute atomic E-state index is 12.0. The Hall–Kier alpha value is -2.16. The summed E-state index contributed by atoms with van der Waals surface area (Å²) in [6.07, 6.45) is -0.531. The van der Waals surface area contributed by atoms with E-state index in [2.05, 4.69) is 10.3 Å². The minimum absolute atomic E-state index is 0.115. The highest BCUT2D eigenvalue weighted by Crippen LogP contribution is 2.22. The summed E-state index contributed by atoms with van der Waals surface area (Å²) >= 11 is 1.20. The fourth-order valence-corrected chi connectivity index (χ4v) is 2.80. The number of aromatic nitrogens is 1. The Labute approximate surface area is 163 Å². The van der Waals surface area contributed by atoms with E-state index in [1.54, 1.807) is 46.9 Å². The second-order valence-electron chi connectivity index (χ2n) is 7.99. The van der Waals surface area contributed by atoms with Crippen molar-refractivity contribution in [1.82, 2.24) is 4.98 Å². The first-order valence-electron chi connectivity index (χ1n) is 8.53. The summed E-state index contributed by atoms with van der Waals surface area (Å²) in [6.45, 7) is 10.6. The van der Waals surface area contributed by atoms with Crippen molar-refractivity contribution < 1.29 is 28.6 Å². The number of thiazole rings is 1. The number of rotatable bonds is 6. The zero-order chi connectivity index (χ0) is 20.8. The molecule has 1 atom stereocenters. The van der Waals surface area contributed by atoms with Crippen molar-refractivity contribution >= 4 is 34.5 Å². The highest BCUT2D eigenvalue weighted by Gasteiger charge is 2.27. The minimum Gasteiger partial charge on any atom is -0.469 e. The lowest BCUT2D eigenvalue weighted by atomic mass is 10.00. The number of anilines is 1. The molecule has 0 fully saturated rings. The second-order valence-corrected chi connectivity index (χ2v) is 8.84. The summed E-state index contributed by atoms with van der Waals surface area (Å²) in [6, 6.07) is 0. The quantitative estimate of drug-likeness (QED) is 0.575. The third kappa shape index (κ3) is 9.37. The average Bonchev–Trinajstić information content (AvgIpc) is 2.88. The molecule has 0 radical (unpaired) electrons. The predicted octanol–water partition coefficient (Wildman–Crippen LogP) is 3.55. The number of carbonyl (C=O) groups excluding carboxylic acids is 3. The number of esters is 2. The summed E-state index contributed by atoms with van der Waals surface area (Å²) in [5, 5.41) is 4.60. The lowest BCUT2D eigenvalue weighted by Crippen LogP contribution is -2.28. The van der Waals surface area contributed by atoms with Gasteiger partial charge in [-0.3, -0.25) is 14.9 Å². The van der Waals surface area contributed by atoms with Gasteiger partial charge in [0.15, 0.2) is 5.13 Å². The number of hydrogen-bond donors (Lipinski definition) is 1. The molecule has 1 amide bonds. The van der Waals surface area contributed by atoms with Gasteiger partial charge in [0, 0.05) is 11.8 Å². The van der Waals surface area contributed by atoms with E-state index in [9.17, 15) is 14.4 Å². The lowest BCUT2D eigenvalue weighted by Gasteiger charge is -2.21. The van der Waals surface area contributed by atoms with Gasteiger partial charge in [-0.05, 0) is 41.5 Å². The van der Waals surface area contributed by atoms with E-state index in [1.165, 1.54) is 18.4 Å². The van der Waals surface area contributed by atoms with Gasteiger partial charge in [0.2, 0.25) is 0 Å². The molecule has 0 aliphatic carbocycles. The Bertz CT molecular complexity index is 672. The number of ether oxygens (including phenoxy) is 3. The Morgan fingerprint density at radius 2 is 1.70 bits per heavy atom. The Morgan fingerprint density at radius 1 is 1.11 bits per heavy atom. The molecule has 0 aliphatic heterocycles. The van der Waals surface area contributed by atoms with Crippen LogP contribution in [0.15, 0.2) is 5.38 Å². The average molecular weight is 400 g/mol. The van der Waals surface area contributed by atoms with Crippen molar-refractivity contribution in [2.75, 3.05) is 12.4 Å². The maximum Gasteiger partial charge on any atom is 0.413 e. The molecular formula is C18H28N2O6S. The zero-order valence-electron chi connectivity index (χ0n) is 16.9. The molecule has 9 heteroatoms. The van der Waals surface area contributed by atoms with Crippen molar-refractivity contribution in [2.24, 2.45) is 5.92 Å². The number of hydrogen-bond acceptors (Lipinski definition) is 8. The van der Waals surface area contributed by atoms with E-state index >= 15 is 0 Å². The fourth-order valence-electron chi connectivity index (χ4n) is 2.09. The molecule has 1 N–H and O–H groups in total. The van der Waals surface area contributed by atoms with Crippen LogP contribution in [0.5, 0.6) is 0 Å². The Morgan fingerprint density at radius 3 is 2.22 bits per heavy atom. The molecule has 0 saturated carbocycles. The topological polar surface area (TPSA) is 104 Å². The molecule has 152 valence electrons. The number of carbonyl (C=O) groups is 3. The monoisotopic (exact) mass is 400 g/mol. The maximum atomic E-state index is 12.0. The number of nitrogens with zero attached hydrogens (tertiary/aromatic N) is 1. The Kier molecular flexibility index (Phi) is 7.77. The van der Waals surface area contributed by atoms with E-state index < -0.39 is 35.2 Å². The summed E-state index contributed by atoms with van der Waals surface area (Å²) < 4.78 is 15.2. The van der Waals surface area contributed by atoms with Gasteiger partial charge >= 0.3 is 18.0 Å². The normalized spacial score (nSPS) is 12.9. The molecule has 1 rings (SSSR count). The third-order valence-corrected chi connectivity index (χ3v) is 3.79. The first-order valence-corrected chi connectivity index (χ1v) is 9.41. The van der Waals surface area contributed by atoms with Crippen LogP contribution in [0.2, 0.25) is 0 Å². The molecule has 1 heterocycles. The smallest absolute Gasteiger partial charge is 0.413 e. The molecule has 0 saturated heterocycles. The molecule has 0 spiro atoms. The van der Waals surface area contributed by atoms with Gasteiger partial charge in [0.1, 0.15) is 11.2 Å². The predicted molar refractivity (Wildman–Crippen MR) is 102 cm³/mol. The van der Waals surface area contributed by atoms with Crippen LogP contribution in [0, 0.1) is 5.92 Å². The molecule has 0 aliphatic rings. The summed E-state index contributed by atoms with van der Waals surface area (Å²) in [7, 11) is 1.26. The molecule has 0 bridgehead atoms. The molecule has 27 heavy (non-hydrogen) atoms. The van der Waals surface area contributed by atoms with Gasteiger partial charge in [0.25, 0.3) is 0 Å². The third-order valence-electron chi connectivity index (χ3n) is 2.98. The molecule has 1 aromatic heterocycles. The van der Waals surface area contributed by atoms with Crippen LogP contribution in [-0.2, 0) is 30.2 Å². The number of amides is 1. The van der Waals surface area contributed by atoms with E-state index in [4.69, 9.17) is 14.2 Å². The van der Waals surface area contributed by atoms with Crippen molar-refractivity contribution in [2.45, 2.75) is 65.6 Å². The van der Waals surface area contributed by atoms with Crippen molar-refractivity contribution in [3.63, 3.8) is 0 Å². The largest absolute Gasteiger partial charge is 0.469 e. The van der Waals surface area contributed by atoms with Crippen molar-refractivity contribution in [3.05, 3.63) is 11.1 Å². The molecule has 0 aromatic carbocycles. The van der Waals surface area contributed by atoms with Gasteiger partial charge in [-0.2, -0.15) is 0 Å². The van der Waals surface area contributed by atoms with Crippen LogP contribution in [0.3, 0.4) is 0 Å². The fraction of sp³-hybridized carbons (Fsp3) is 0.667. The van der Waals surface area contributed by atoms with Crippen molar-refractivity contribution in [1.29, 1.82) is 0 Å². The standard InChI is InChI=1S/C18H28N2O6S/c1-17(2,3)25-13(21)9-11(14(22)24-7)8-12-10-27-15(19-12)20-16(23)26-18(4,5)6/h10-11H,8-9H2,1-7H3,(H,19,20,23)/t11-/m1/s1. The lowest BCUT2D eigenvalue weighted by molar-refractivity contribution is -0.160. The molecule has 8 nitrogen and oxygen atoms in total. The van der Waals surface area contributed by atoms with Crippen LogP contribution in [-0.4, -0.2) is 41.3 Å². The van der Waals surface area contributed by atoms with Crippen molar-refractivity contribution in [3.8, 4) is 0 Å². The van der Waals surface area contributed by atoms with Crippen LogP contribution in [0.1, 0.15) is 53.7 Å². The van der Waals surface area contributed by atoms with E-state index in [1.807, 2.05) is 0 Å². The molecular weight excluding hydrogens is 372 g/mol. The van der Waals surface area contributed by atoms with Gasteiger partial charge in [0.05, 0.1) is 25.1 Å². The number of nitrogens with one attached hydrogen (secondary N) is 1. The van der Waals surface area contributed by atoms with E-state index in [-0.39, 0.29) is 12.8 Å². The highest BCUT2D eigenvalue weighted by atomic mass is 32.1. The zero-order valence-corrected chi connectivity index (χ0v) is 17.7. The van der Waals surface area contributed by atoms with E-state index in [0.717, 1.165) is 0 Å². The van der Waals surface area contributed by atoms with Crippen LogP contribution in [0.25, 0.3) is 0 Å².